The van der Waals surface area contributed by atoms with E-state index in [9.17, 15) is 19.2 Å². The smallest absolute Gasteiger partial charge is 0.261 e. The van der Waals surface area contributed by atoms with Crippen LogP contribution in [0.15, 0.2) is 146 Å². The number of benzene rings is 17. The molecule has 6 nitrogen and oxygen atoms in total. The van der Waals surface area contributed by atoms with Crippen molar-refractivity contribution in [1.29, 1.82) is 0 Å². The lowest BCUT2D eigenvalue weighted by Gasteiger charge is -2.26. The molecule has 0 radical (unpaired) electrons. The molecule has 4 amide bonds. The Morgan fingerprint density at radius 3 is 0.431 bits per heavy atom. The second kappa shape index (κ2) is 11.4. The first-order valence-corrected chi connectivity index (χ1v) is 24.5. The minimum atomic E-state index is -0.262. The summed E-state index contributed by atoms with van der Waals surface area (Å²) in [5, 5.41) is 37.0. The summed E-state index contributed by atoms with van der Waals surface area (Å²) in [6.45, 7) is 0. The van der Waals surface area contributed by atoms with E-state index in [0.717, 1.165) is 64.6 Å². The van der Waals surface area contributed by atoms with Crippen LogP contribution in [0.3, 0.4) is 0 Å². The lowest BCUT2D eigenvalue weighted by molar-refractivity contribution is 0.0635. The summed E-state index contributed by atoms with van der Waals surface area (Å²) in [5.74, 6) is -1.05. The van der Waals surface area contributed by atoms with E-state index in [-0.39, 0.29) is 23.6 Å². The van der Waals surface area contributed by atoms with E-state index in [0.29, 0.717) is 22.3 Å². The van der Waals surface area contributed by atoms with Crippen LogP contribution in [0.2, 0.25) is 0 Å². The molecular weight excluding hydrogens is 885 g/mol. The Morgan fingerprint density at radius 1 is 0.181 bits per heavy atom. The van der Waals surface area contributed by atoms with Gasteiger partial charge in [-0.1, -0.05) is 121 Å². The van der Waals surface area contributed by atoms with E-state index in [2.05, 4.69) is 121 Å². The summed E-state index contributed by atoms with van der Waals surface area (Å²) >= 11 is 0. The third-order valence-corrected chi connectivity index (χ3v) is 18.0. The van der Waals surface area contributed by atoms with E-state index in [4.69, 9.17) is 0 Å². The number of amides is 4. The molecule has 0 aliphatic carbocycles. The second-order valence-electron chi connectivity index (χ2n) is 20.8. The first-order valence-electron chi connectivity index (χ1n) is 24.5. The van der Waals surface area contributed by atoms with Gasteiger partial charge in [0.15, 0.2) is 0 Å². The summed E-state index contributed by atoms with van der Waals surface area (Å²) in [4.78, 5) is 56.3. The normalized spacial score (nSPS) is 14.9. The zero-order valence-corrected chi connectivity index (χ0v) is 38.4. The fourth-order valence-electron chi connectivity index (χ4n) is 15.1. The van der Waals surface area contributed by atoms with Gasteiger partial charge in [0.25, 0.3) is 23.6 Å². The van der Waals surface area contributed by atoms with Crippen LogP contribution >= 0.6 is 0 Å². The zero-order chi connectivity index (χ0) is 47.2. The van der Waals surface area contributed by atoms with Crippen LogP contribution < -0.4 is 0 Å². The maximum atomic E-state index is 13.5. The first kappa shape index (κ1) is 36.5. The minimum absolute atomic E-state index is 0.262. The van der Waals surface area contributed by atoms with E-state index in [1.54, 1.807) is 14.1 Å². The van der Waals surface area contributed by atoms with Gasteiger partial charge < -0.3 is 0 Å². The van der Waals surface area contributed by atoms with Crippen molar-refractivity contribution < 1.29 is 19.2 Å². The highest BCUT2D eigenvalue weighted by Crippen LogP contribution is 2.54. The van der Waals surface area contributed by atoms with Gasteiger partial charge in [0.1, 0.15) is 0 Å². The lowest BCUT2D eigenvalue weighted by Crippen LogP contribution is -2.36. The highest BCUT2D eigenvalue weighted by molar-refractivity contribution is 6.50. The molecule has 0 bridgehead atoms. The fourth-order valence-corrected chi connectivity index (χ4v) is 15.1. The number of carbonyl (C=O) groups is 4. The molecule has 17 aromatic rings. The average Bonchev–Trinajstić information content (AvgIpc) is 3.42. The molecule has 72 heavy (non-hydrogen) atoms. The summed E-state index contributed by atoms with van der Waals surface area (Å²) in [6.07, 6.45) is 0. The van der Waals surface area contributed by atoms with Crippen LogP contribution in [0.25, 0.3) is 172 Å². The molecular formula is C66H30N2O4. The van der Waals surface area contributed by atoms with E-state index in [1.807, 2.05) is 24.3 Å². The third-order valence-electron chi connectivity index (χ3n) is 18.0. The van der Waals surface area contributed by atoms with Crippen LogP contribution in [0.4, 0.5) is 0 Å². The number of fused-ring (bicyclic) bond motifs is 10. The Bertz CT molecular complexity index is 4970. The predicted octanol–water partition coefficient (Wildman–Crippen LogP) is 15.8. The summed E-state index contributed by atoms with van der Waals surface area (Å²) in [5.41, 5.74) is 2.30. The van der Waals surface area contributed by atoms with Crippen molar-refractivity contribution in [3.63, 3.8) is 0 Å². The summed E-state index contributed by atoms with van der Waals surface area (Å²) < 4.78 is 0. The average molecular weight is 915 g/mol. The predicted molar refractivity (Wildman–Crippen MR) is 295 cm³/mol. The molecule has 0 N–H and O–H groups in total. The third kappa shape index (κ3) is 3.64. The Kier molecular flexibility index (Phi) is 5.77. The molecule has 0 unspecified atom stereocenters. The van der Waals surface area contributed by atoms with E-state index < -0.39 is 0 Å². The van der Waals surface area contributed by atoms with E-state index in [1.165, 1.54) is 118 Å². The van der Waals surface area contributed by atoms with Gasteiger partial charge in [0.05, 0.1) is 0 Å². The van der Waals surface area contributed by atoms with Gasteiger partial charge in [-0.15, -0.1) is 0 Å². The van der Waals surface area contributed by atoms with Gasteiger partial charge in [-0.05, 0) is 186 Å². The lowest BCUT2D eigenvalue weighted by atomic mass is 9.79. The summed E-state index contributed by atoms with van der Waals surface area (Å²) in [7, 11) is 3.13. The summed E-state index contributed by atoms with van der Waals surface area (Å²) in [6, 6.07) is 53.0. The Balaban J connectivity index is 0.895. The van der Waals surface area contributed by atoms with Gasteiger partial charge in [0.2, 0.25) is 0 Å². The molecule has 2 heterocycles. The molecule has 6 heteroatoms. The van der Waals surface area contributed by atoms with Crippen LogP contribution in [0.5, 0.6) is 0 Å². The van der Waals surface area contributed by atoms with Crippen molar-refractivity contribution in [2.75, 3.05) is 14.1 Å². The van der Waals surface area contributed by atoms with Crippen LogP contribution in [0, 0.1) is 0 Å². The highest BCUT2D eigenvalue weighted by atomic mass is 16.2. The SMILES string of the molecule is CN1C(=O)c2ccc3c4ccc5c6ccc7c8ccc9c%10ccc%11c%12ccc%13c%14c(ccc(c%15ccc(c%16ccc(c%17ccc(c%18ccc(c%19ccc(c2c3%19)C1=O)c4c5%18)c6c7%17)c8c9%16)c%10c%11%15)c%14%12)C(=O)N(C)C%13=O. The van der Waals surface area contributed by atoms with Crippen LogP contribution in [-0.4, -0.2) is 47.5 Å². The maximum Gasteiger partial charge on any atom is 0.261 e. The molecule has 19 rings (SSSR count). The van der Waals surface area contributed by atoms with Gasteiger partial charge in [-0.3, -0.25) is 29.0 Å². The van der Waals surface area contributed by atoms with Crippen molar-refractivity contribution in [3.8, 4) is 0 Å². The number of hydrogen-bond donors (Lipinski definition) is 0. The number of hydrogen-bond acceptors (Lipinski definition) is 4. The van der Waals surface area contributed by atoms with Gasteiger partial charge >= 0.3 is 0 Å². The van der Waals surface area contributed by atoms with Crippen molar-refractivity contribution in [1.82, 2.24) is 9.80 Å². The fraction of sp³-hybridized carbons (Fsp3) is 0.0303. The molecule has 0 atom stereocenters. The van der Waals surface area contributed by atoms with Gasteiger partial charge in [-0.25, -0.2) is 0 Å². The Labute approximate surface area is 405 Å². The van der Waals surface area contributed by atoms with Crippen molar-refractivity contribution in [3.05, 3.63) is 168 Å². The zero-order valence-electron chi connectivity index (χ0n) is 38.4. The van der Waals surface area contributed by atoms with Crippen LogP contribution in [0.1, 0.15) is 41.4 Å². The molecule has 2 aliphatic rings. The quantitative estimate of drug-likeness (QED) is 0.0863. The minimum Gasteiger partial charge on any atom is -0.277 e. The van der Waals surface area contributed by atoms with Crippen LogP contribution in [-0.2, 0) is 0 Å². The molecule has 328 valence electrons. The Morgan fingerprint density at radius 2 is 0.292 bits per heavy atom. The van der Waals surface area contributed by atoms with Crippen molar-refractivity contribution in [2.45, 2.75) is 0 Å². The van der Waals surface area contributed by atoms with E-state index >= 15 is 0 Å². The first-order chi connectivity index (χ1) is 35.3. The molecule has 17 aromatic carbocycles. The standard InChI is InChI=1S/C66H30N2O4/c1-67-63(69)47-23-19-43-39-15-11-35-31-7-3-27-29-5-9-33-37-13-17-41-45-21-25-49-62-50(66(72)68(2)65(49)71)26-22-46(60(45)62)42-18-14-38(56(37)58(41)42)34-10-6-30(52(29)54(33)34)28-4-8-32(53(31)51(27)28)36-12-16-40(57(39)55(35)36)44-20-24-48(64(67)70)61(47)59(43)44/h3-26H,1-2H3. The molecule has 0 spiro atoms. The highest BCUT2D eigenvalue weighted by Gasteiger charge is 2.34. The number of carbonyl (C=O) groups excluding carboxylic acids is 4. The largest absolute Gasteiger partial charge is 0.277 e. The van der Waals surface area contributed by atoms with Gasteiger partial charge in [-0.2, -0.15) is 0 Å². The molecule has 0 fully saturated rings. The number of imide groups is 2. The maximum absolute atomic E-state index is 13.5. The molecule has 0 saturated carbocycles. The monoisotopic (exact) mass is 914 g/mol. The number of nitrogens with zero attached hydrogens (tertiary/aromatic N) is 2. The van der Waals surface area contributed by atoms with Crippen molar-refractivity contribution in [2.24, 2.45) is 0 Å². The molecule has 0 saturated heterocycles. The van der Waals surface area contributed by atoms with Crippen molar-refractivity contribution >= 4 is 196 Å². The number of rotatable bonds is 0. The van der Waals surface area contributed by atoms with Gasteiger partial charge in [0, 0.05) is 47.1 Å². The molecule has 0 aromatic heterocycles. The molecule has 2 aliphatic heterocycles. The second-order valence-corrected chi connectivity index (χ2v) is 20.8. The topological polar surface area (TPSA) is 74.8 Å². The Hall–Kier alpha value is -9.52.